The summed E-state index contributed by atoms with van der Waals surface area (Å²) in [6.07, 6.45) is 3.08. The quantitative estimate of drug-likeness (QED) is 0.571. The van der Waals surface area contributed by atoms with Crippen molar-refractivity contribution in [2.75, 3.05) is 13.2 Å². The molecule has 2 heteroatoms. The van der Waals surface area contributed by atoms with Crippen LogP contribution in [0.15, 0.2) is 16.6 Å². The smallest absolute Gasteiger partial charge is 0.208 e. The maximum Gasteiger partial charge on any atom is 0.208 e. The first-order valence-electron chi connectivity index (χ1n) is 3.67. The van der Waals surface area contributed by atoms with Crippen LogP contribution in [0.2, 0.25) is 0 Å². The lowest BCUT2D eigenvalue weighted by molar-refractivity contribution is 0.349. The Labute approximate surface area is 61.6 Å². The van der Waals surface area contributed by atoms with Gasteiger partial charge in [-0.2, -0.15) is 0 Å². The molecule has 1 aliphatic heterocycles. The molecule has 0 saturated heterocycles. The topological polar surface area (TPSA) is 21.6 Å². The SMILES string of the molecule is CCC(C)=CC1=NCCO1. The van der Waals surface area contributed by atoms with Crippen LogP contribution in [0, 0.1) is 0 Å². The Hall–Kier alpha value is -0.790. The zero-order chi connectivity index (χ0) is 7.40. The highest BCUT2D eigenvalue weighted by molar-refractivity contribution is 5.89. The van der Waals surface area contributed by atoms with E-state index in [4.69, 9.17) is 4.74 Å². The summed E-state index contributed by atoms with van der Waals surface area (Å²) in [6.45, 7) is 5.79. The lowest BCUT2D eigenvalue weighted by Gasteiger charge is -1.95. The molecule has 0 radical (unpaired) electrons. The van der Waals surface area contributed by atoms with Gasteiger partial charge in [0.1, 0.15) is 6.61 Å². The van der Waals surface area contributed by atoms with Crippen LogP contribution in [0.5, 0.6) is 0 Å². The highest BCUT2D eigenvalue weighted by atomic mass is 16.5. The third-order valence-electron chi connectivity index (χ3n) is 1.54. The maximum absolute atomic E-state index is 5.20. The number of hydrogen-bond donors (Lipinski definition) is 0. The molecule has 1 rings (SSSR count). The monoisotopic (exact) mass is 139 g/mol. The van der Waals surface area contributed by atoms with E-state index in [1.807, 2.05) is 6.08 Å². The first-order valence-corrected chi connectivity index (χ1v) is 3.67. The second kappa shape index (κ2) is 3.40. The predicted molar refractivity (Wildman–Crippen MR) is 42.3 cm³/mol. The number of rotatable bonds is 2. The van der Waals surface area contributed by atoms with Crippen molar-refractivity contribution < 1.29 is 4.74 Å². The molecule has 0 spiro atoms. The molecule has 0 aromatic heterocycles. The predicted octanol–water partition coefficient (Wildman–Crippen LogP) is 1.77. The minimum Gasteiger partial charge on any atom is -0.476 e. The molecule has 0 aliphatic carbocycles. The van der Waals surface area contributed by atoms with Crippen molar-refractivity contribution in [2.24, 2.45) is 4.99 Å². The summed E-state index contributed by atoms with van der Waals surface area (Å²) in [5.41, 5.74) is 1.32. The minimum absolute atomic E-state index is 0.753. The molecule has 10 heavy (non-hydrogen) atoms. The van der Waals surface area contributed by atoms with Gasteiger partial charge in [0.05, 0.1) is 6.54 Å². The molecule has 1 heterocycles. The third kappa shape index (κ3) is 1.87. The molecule has 0 amide bonds. The molecule has 0 N–H and O–H groups in total. The molecule has 2 nitrogen and oxygen atoms in total. The Morgan fingerprint density at radius 1 is 1.80 bits per heavy atom. The second-order valence-electron chi connectivity index (χ2n) is 2.41. The van der Waals surface area contributed by atoms with Gasteiger partial charge in [0, 0.05) is 0 Å². The van der Waals surface area contributed by atoms with Crippen molar-refractivity contribution >= 4 is 5.90 Å². The van der Waals surface area contributed by atoms with Crippen molar-refractivity contribution in [1.82, 2.24) is 0 Å². The average Bonchev–Trinajstić information content (AvgIpc) is 2.40. The van der Waals surface area contributed by atoms with Crippen LogP contribution in [0.25, 0.3) is 0 Å². The summed E-state index contributed by atoms with van der Waals surface area (Å²) < 4.78 is 5.20. The highest BCUT2D eigenvalue weighted by Crippen LogP contribution is 2.02. The molecule has 0 aromatic rings. The van der Waals surface area contributed by atoms with Crippen LogP contribution < -0.4 is 0 Å². The van der Waals surface area contributed by atoms with E-state index in [0.717, 1.165) is 25.5 Å². The standard InChI is InChI=1S/C8H13NO/c1-3-7(2)6-8-9-4-5-10-8/h6H,3-5H2,1-2H3. The number of nitrogens with zero attached hydrogens (tertiary/aromatic N) is 1. The van der Waals surface area contributed by atoms with Gasteiger partial charge in [-0.15, -0.1) is 0 Å². The molecule has 0 bridgehead atoms. The zero-order valence-corrected chi connectivity index (χ0v) is 6.55. The normalized spacial score (nSPS) is 18.6. The summed E-state index contributed by atoms with van der Waals surface area (Å²) in [5.74, 6) is 0.805. The van der Waals surface area contributed by atoms with Gasteiger partial charge in [0.2, 0.25) is 5.90 Å². The Bertz CT molecular complexity index is 170. The van der Waals surface area contributed by atoms with Gasteiger partial charge in [0.15, 0.2) is 0 Å². The Morgan fingerprint density at radius 3 is 3.10 bits per heavy atom. The third-order valence-corrected chi connectivity index (χ3v) is 1.54. The van der Waals surface area contributed by atoms with Crippen molar-refractivity contribution in [2.45, 2.75) is 20.3 Å². The summed E-state index contributed by atoms with van der Waals surface area (Å²) >= 11 is 0. The first-order chi connectivity index (χ1) is 4.83. The van der Waals surface area contributed by atoms with Crippen LogP contribution in [0.3, 0.4) is 0 Å². The fraction of sp³-hybridized carbons (Fsp3) is 0.625. The van der Waals surface area contributed by atoms with E-state index in [2.05, 4.69) is 18.8 Å². The van der Waals surface area contributed by atoms with Gasteiger partial charge in [-0.25, -0.2) is 4.99 Å². The first kappa shape index (κ1) is 7.32. The molecule has 0 unspecified atom stereocenters. The molecule has 0 atom stereocenters. The van der Waals surface area contributed by atoms with Crippen molar-refractivity contribution in [3.63, 3.8) is 0 Å². The average molecular weight is 139 g/mol. The fourth-order valence-corrected chi connectivity index (χ4v) is 0.752. The summed E-state index contributed by atoms with van der Waals surface area (Å²) in [7, 11) is 0. The molecule has 1 aliphatic rings. The molecule has 0 saturated carbocycles. The van der Waals surface area contributed by atoms with Crippen LogP contribution in [0.1, 0.15) is 20.3 Å². The molecular weight excluding hydrogens is 126 g/mol. The van der Waals surface area contributed by atoms with E-state index in [-0.39, 0.29) is 0 Å². The van der Waals surface area contributed by atoms with E-state index in [1.54, 1.807) is 0 Å². The largest absolute Gasteiger partial charge is 0.476 e. The van der Waals surface area contributed by atoms with E-state index in [0.29, 0.717) is 0 Å². The van der Waals surface area contributed by atoms with Crippen LogP contribution in [-0.4, -0.2) is 19.0 Å². The maximum atomic E-state index is 5.20. The van der Waals surface area contributed by atoms with Crippen molar-refractivity contribution in [3.8, 4) is 0 Å². The summed E-state index contributed by atoms with van der Waals surface area (Å²) in [5, 5.41) is 0. The minimum atomic E-state index is 0.753. The number of hydrogen-bond acceptors (Lipinski definition) is 2. The van der Waals surface area contributed by atoms with Gasteiger partial charge in [-0.05, 0) is 19.4 Å². The van der Waals surface area contributed by atoms with Crippen molar-refractivity contribution in [3.05, 3.63) is 11.6 Å². The summed E-state index contributed by atoms with van der Waals surface area (Å²) in [6, 6.07) is 0. The van der Waals surface area contributed by atoms with Crippen LogP contribution >= 0.6 is 0 Å². The van der Waals surface area contributed by atoms with Gasteiger partial charge in [-0.3, -0.25) is 0 Å². The van der Waals surface area contributed by atoms with Crippen molar-refractivity contribution in [1.29, 1.82) is 0 Å². The van der Waals surface area contributed by atoms with Crippen LogP contribution in [0.4, 0.5) is 0 Å². The Balaban J connectivity index is 2.50. The molecule has 0 fully saturated rings. The van der Waals surface area contributed by atoms with E-state index in [1.165, 1.54) is 5.57 Å². The van der Waals surface area contributed by atoms with Gasteiger partial charge in [0.25, 0.3) is 0 Å². The van der Waals surface area contributed by atoms with Crippen LogP contribution in [-0.2, 0) is 4.74 Å². The number of ether oxygens (including phenoxy) is 1. The highest BCUT2D eigenvalue weighted by Gasteiger charge is 2.02. The van der Waals surface area contributed by atoms with Gasteiger partial charge in [-0.1, -0.05) is 12.5 Å². The van der Waals surface area contributed by atoms with E-state index >= 15 is 0 Å². The Morgan fingerprint density at radius 2 is 2.60 bits per heavy atom. The lowest BCUT2D eigenvalue weighted by Crippen LogP contribution is -1.94. The summed E-state index contributed by atoms with van der Waals surface area (Å²) in [4.78, 5) is 4.14. The van der Waals surface area contributed by atoms with Gasteiger partial charge >= 0.3 is 0 Å². The molecule has 0 aromatic carbocycles. The lowest BCUT2D eigenvalue weighted by atomic mass is 10.2. The van der Waals surface area contributed by atoms with E-state index < -0.39 is 0 Å². The fourth-order valence-electron chi connectivity index (χ4n) is 0.752. The second-order valence-corrected chi connectivity index (χ2v) is 2.41. The molecular formula is C8H13NO. The van der Waals surface area contributed by atoms with Gasteiger partial charge < -0.3 is 4.74 Å². The number of allylic oxidation sites excluding steroid dienone is 1. The van der Waals surface area contributed by atoms with E-state index in [9.17, 15) is 0 Å². The number of aliphatic imine (C=N–C) groups is 1. The molecule has 56 valence electrons. The zero-order valence-electron chi connectivity index (χ0n) is 6.55. The Kier molecular flexibility index (Phi) is 2.49.